The summed E-state index contributed by atoms with van der Waals surface area (Å²) in [5.41, 5.74) is 2.06. The quantitative estimate of drug-likeness (QED) is 0.427. The Morgan fingerprint density at radius 2 is 1.60 bits per heavy atom. The number of amides is 1. The highest BCUT2D eigenvalue weighted by atomic mass is 35.5. The van der Waals surface area contributed by atoms with E-state index in [0.29, 0.717) is 37.5 Å². The minimum absolute atomic E-state index is 0.0195. The third kappa shape index (κ3) is 6.04. The fourth-order valence-corrected chi connectivity index (χ4v) is 6.37. The molecular formula is C27H29ClN2O4S. The molecule has 4 rings (SSSR count). The minimum atomic E-state index is -3.88. The third-order valence-electron chi connectivity index (χ3n) is 6.22. The van der Waals surface area contributed by atoms with E-state index in [9.17, 15) is 13.2 Å². The van der Waals surface area contributed by atoms with Crippen LogP contribution in [0.5, 0.6) is 5.75 Å². The number of hydrogen-bond acceptors (Lipinski definition) is 4. The number of methoxy groups -OCH3 is 1. The molecule has 1 aliphatic heterocycles. The van der Waals surface area contributed by atoms with Gasteiger partial charge in [-0.1, -0.05) is 72.3 Å². The predicted molar refractivity (Wildman–Crippen MR) is 137 cm³/mol. The fourth-order valence-electron chi connectivity index (χ4n) is 4.43. The van der Waals surface area contributed by atoms with Crippen molar-refractivity contribution < 1.29 is 17.9 Å². The molecule has 6 nitrogen and oxygen atoms in total. The number of benzene rings is 3. The van der Waals surface area contributed by atoms with E-state index >= 15 is 0 Å². The number of ether oxygens (including phenoxy) is 1. The highest BCUT2D eigenvalue weighted by molar-refractivity contribution is 7.89. The average Bonchev–Trinajstić information content (AvgIpc) is 2.89. The van der Waals surface area contributed by atoms with Gasteiger partial charge in [-0.05, 0) is 42.2 Å². The minimum Gasteiger partial charge on any atom is -0.495 e. The van der Waals surface area contributed by atoms with Crippen LogP contribution in [-0.2, 0) is 27.9 Å². The van der Waals surface area contributed by atoms with Gasteiger partial charge in [0, 0.05) is 31.2 Å². The lowest BCUT2D eigenvalue weighted by Gasteiger charge is -2.34. The van der Waals surface area contributed by atoms with E-state index in [1.807, 2.05) is 65.6 Å². The van der Waals surface area contributed by atoms with Gasteiger partial charge in [-0.2, -0.15) is 4.31 Å². The molecule has 0 saturated carbocycles. The zero-order valence-electron chi connectivity index (χ0n) is 19.6. The molecule has 35 heavy (non-hydrogen) atoms. The van der Waals surface area contributed by atoms with Gasteiger partial charge in [-0.3, -0.25) is 4.79 Å². The summed E-state index contributed by atoms with van der Waals surface area (Å²) in [5.74, 6) is -0.246. The lowest BCUT2D eigenvalue weighted by molar-refractivity contribution is -0.138. The Morgan fingerprint density at radius 3 is 2.17 bits per heavy atom. The summed E-state index contributed by atoms with van der Waals surface area (Å²) >= 11 is 6.09. The average molecular weight is 513 g/mol. The topological polar surface area (TPSA) is 66.9 Å². The maximum atomic E-state index is 13.8. The highest BCUT2D eigenvalue weighted by Crippen LogP contribution is 2.32. The molecule has 0 bridgehead atoms. The predicted octanol–water partition coefficient (Wildman–Crippen LogP) is 4.98. The Hall–Kier alpha value is -2.87. The second-order valence-electron chi connectivity index (χ2n) is 8.66. The second-order valence-corrected chi connectivity index (χ2v) is 11.0. The zero-order chi connectivity index (χ0) is 24.8. The summed E-state index contributed by atoms with van der Waals surface area (Å²) in [6.07, 6.45) is 1.24. The summed E-state index contributed by atoms with van der Waals surface area (Å²) in [7, 11) is -2.46. The fraction of sp³-hybridized carbons (Fsp3) is 0.296. The smallest absolute Gasteiger partial charge is 0.246 e. The highest BCUT2D eigenvalue weighted by Gasteiger charge is 2.36. The monoisotopic (exact) mass is 512 g/mol. The number of sulfonamides is 1. The summed E-state index contributed by atoms with van der Waals surface area (Å²) in [6, 6.07) is 24.2. The van der Waals surface area contributed by atoms with Crippen LogP contribution in [-0.4, -0.2) is 43.7 Å². The van der Waals surface area contributed by atoms with Crippen molar-refractivity contribution in [1.29, 1.82) is 0 Å². The van der Waals surface area contributed by atoms with Gasteiger partial charge < -0.3 is 9.64 Å². The van der Waals surface area contributed by atoms with Crippen molar-refractivity contribution in [3.8, 4) is 5.75 Å². The van der Waals surface area contributed by atoms with Crippen molar-refractivity contribution in [2.75, 3.05) is 20.2 Å². The summed E-state index contributed by atoms with van der Waals surface area (Å²) < 4.78 is 33.7. The van der Waals surface area contributed by atoms with Crippen LogP contribution in [0.3, 0.4) is 0 Å². The van der Waals surface area contributed by atoms with Crippen LogP contribution in [0.2, 0.25) is 5.02 Å². The first-order chi connectivity index (χ1) is 16.9. The Morgan fingerprint density at radius 1 is 1.00 bits per heavy atom. The van der Waals surface area contributed by atoms with Crippen LogP contribution >= 0.6 is 11.6 Å². The molecular weight excluding hydrogens is 484 g/mol. The van der Waals surface area contributed by atoms with E-state index in [4.69, 9.17) is 16.3 Å². The Labute approximate surface area is 212 Å². The molecule has 184 valence electrons. The lowest BCUT2D eigenvalue weighted by atomic mass is 9.97. The van der Waals surface area contributed by atoms with E-state index in [1.54, 1.807) is 12.1 Å². The van der Waals surface area contributed by atoms with Gasteiger partial charge in [0.15, 0.2) is 0 Å². The van der Waals surface area contributed by atoms with Crippen molar-refractivity contribution >= 4 is 27.5 Å². The van der Waals surface area contributed by atoms with Gasteiger partial charge in [0.05, 0.1) is 13.0 Å². The Bertz CT molecular complexity index is 1210. The van der Waals surface area contributed by atoms with Crippen LogP contribution in [0, 0.1) is 5.92 Å². The number of carbonyl (C=O) groups is 1. The summed E-state index contributed by atoms with van der Waals surface area (Å²) in [6.45, 7) is 1.38. The Kier molecular flexibility index (Phi) is 8.11. The van der Waals surface area contributed by atoms with Crippen LogP contribution < -0.4 is 4.74 Å². The summed E-state index contributed by atoms with van der Waals surface area (Å²) in [5, 5.41) is 0.311. The standard InChI is InChI=1S/C27H29ClN2O4S/c1-34-25-15-14-24(28)17-26(25)35(32,33)30-16-8-13-23(20-30)27(31)29(18-21-9-4-2-5-10-21)19-22-11-6-3-7-12-22/h2-7,9-12,14-15,17,23H,8,13,16,18-20H2,1H3/t23-/m0/s1. The zero-order valence-corrected chi connectivity index (χ0v) is 21.2. The SMILES string of the molecule is COc1ccc(Cl)cc1S(=O)(=O)N1CCC[C@H](C(=O)N(Cc2ccccc2)Cc2ccccc2)C1. The molecule has 1 heterocycles. The van der Waals surface area contributed by atoms with Crippen molar-refractivity contribution in [2.45, 2.75) is 30.8 Å². The van der Waals surface area contributed by atoms with Crippen LogP contribution in [0.4, 0.5) is 0 Å². The molecule has 0 N–H and O–H groups in total. The van der Waals surface area contributed by atoms with Gasteiger partial charge in [0.25, 0.3) is 0 Å². The molecule has 0 unspecified atom stereocenters. The number of piperidine rings is 1. The van der Waals surface area contributed by atoms with Crippen LogP contribution in [0.15, 0.2) is 83.8 Å². The van der Waals surface area contributed by atoms with Gasteiger partial charge in [-0.25, -0.2) is 8.42 Å². The van der Waals surface area contributed by atoms with E-state index < -0.39 is 15.9 Å². The molecule has 3 aromatic rings. The normalized spacial score (nSPS) is 16.6. The van der Waals surface area contributed by atoms with Crippen molar-refractivity contribution in [3.63, 3.8) is 0 Å². The maximum absolute atomic E-state index is 13.8. The van der Waals surface area contributed by atoms with Gasteiger partial charge in [-0.15, -0.1) is 0 Å². The van der Waals surface area contributed by atoms with E-state index in [0.717, 1.165) is 11.1 Å². The Balaban J connectivity index is 1.57. The molecule has 0 aliphatic carbocycles. The maximum Gasteiger partial charge on any atom is 0.246 e. The number of halogens is 1. The lowest BCUT2D eigenvalue weighted by Crippen LogP contribution is -2.46. The van der Waals surface area contributed by atoms with Crippen LogP contribution in [0.1, 0.15) is 24.0 Å². The van der Waals surface area contributed by atoms with Crippen molar-refractivity contribution in [3.05, 3.63) is 95.0 Å². The number of rotatable bonds is 8. The van der Waals surface area contributed by atoms with E-state index in [2.05, 4.69) is 0 Å². The first-order valence-corrected chi connectivity index (χ1v) is 13.4. The van der Waals surface area contributed by atoms with Gasteiger partial charge >= 0.3 is 0 Å². The molecule has 1 fully saturated rings. The van der Waals surface area contributed by atoms with E-state index in [-0.39, 0.29) is 23.1 Å². The molecule has 0 spiro atoms. The third-order valence-corrected chi connectivity index (χ3v) is 8.34. The molecule has 1 atom stereocenters. The number of hydrogen-bond donors (Lipinski definition) is 0. The van der Waals surface area contributed by atoms with Crippen LogP contribution in [0.25, 0.3) is 0 Å². The molecule has 3 aromatic carbocycles. The molecule has 1 amide bonds. The van der Waals surface area contributed by atoms with Gasteiger partial charge in [0.2, 0.25) is 15.9 Å². The van der Waals surface area contributed by atoms with Gasteiger partial charge in [0.1, 0.15) is 10.6 Å². The summed E-state index contributed by atoms with van der Waals surface area (Å²) in [4.78, 5) is 15.6. The van der Waals surface area contributed by atoms with E-state index in [1.165, 1.54) is 17.5 Å². The molecule has 1 saturated heterocycles. The molecule has 8 heteroatoms. The van der Waals surface area contributed by atoms with Crippen molar-refractivity contribution in [2.24, 2.45) is 5.92 Å². The molecule has 0 radical (unpaired) electrons. The van der Waals surface area contributed by atoms with Crippen molar-refractivity contribution in [1.82, 2.24) is 9.21 Å². The first kappa shape index (κ1) is 25.2. The second kappa shape index (κ2) is 11.2. The molecule has 1 aliphatic rings. The molecule has 0 aromatic heterocycles. The number of carbonyl (C=O) groups excluding carboxylic acids is 1. The number of nitrogens with zero attached hydrogens (tertiary/aromatic N) is 2. The largest absolute Gasteiger partial charge is 0.495 e. The first-order valence-electron chi connectivity index (χ1n) is 11.6.